The number of nitrogens with one attached hydrogen (secondary N) is 1. The van der Waals surface area contributed by atoms with E-state index in [0.29, 0.717) is 12.1 Å². The number of unbranched alkanes of at least 4 members (excludes halogenated alkanes) is 1. The van der Waals surface area contributed by atoms with Gasteiger partial charge in [0.15, 0.2) is 17.5 Å². The summed E-state index contributed by atoms with van der Waals surface area (Å²) >= 11 is 0. The van der Waals surface area contributed by atoms with Crippen LogP contribution in [0.15, 0.2) is 23.2 Å². The van der Waals surface area contributed by atoms with Crippen molar-refractivity contribution in [1.82, 2.24) is 5.32 Å². The number of Topliss-reactive ketones (excluding diaryl/α,β-unsaturated/α-hetero) is 2. The maximum Gasteiger partial charge on any atom is 0.228 e. The number of carbonyl (C=O) groups excluding carboxylic acids is 2. The van der Waals surface area contributed by atoms with Crippen LogP contribution in [0.25, 0.3) is 0 Å². The molecule has 7 nitrogen and oxygen atoms in total. The Bertz CT molecular complexity index is 642. The van der Waals surface area contributed by atoms with Gasteiger partial charge in [0.05, 0.1) is 0 Å². The molecule has 7 heteroatoms. The van der Waals surface area contributed by atoms with Gasteiger partial charge < -0.3 is 21.3 Å². The molecule has 2 rings (SSSR count). The molecular weight excluding hydrogens is 286 g/mol. The molecule has 1 aliphatic rings. The molecule has 1 aromatic carbocycles. The van der Waals surface area contributed by atoms with Crippen molar-refractivity contribution in [2.45, 2.75) is 31.7 Å². The average molecular weight is 305 g/mol. The molecule has 0 unspecified atom stereocenters. The second kappa shape index (κ2) is 6.05. The van der Waals surface area contributed by atoms with Gasteiger partial charge in [0, 0.05) is 13.0 Å². The lowest BCUT2D eigenvalue weighted by molar-refractivity contribution is -0.149. The predicted octanol–water partition coefficient (Wildman–Crippen LogP) is 0.539. The number of nitrogens with zero attached hydrogens (tertiary/aromatic N) is 1. The Balaban J connectivity index is 2.29. The minimum Gasteiger partial charge on any atom is -0.504 e. The second-order valence-corrected chi connectivity index (χ2v) is 5.28. The van der Waals surface area contributed by atoms with Crippen LogP contribution in [0.5, 0.6) is 11.5 Å². The van der Waals surface area contributed by atoms with E-state index in [1.807, 2.05) is 6.92 Å². The van der Waals surface area contributed by atoms with Gasteiger partial charge in [0.1, 0.15) is 5.54 Å². The van der Waals surface area contributed by atoms with Crippen LogP contribution in [0, 0.1) is 0 Å². The fourth-order valence-corrected chi connectivity index (χ4v) is 2.34. The molecule has 0 bridgehead atoms. The molecule has 0 spiro atoms. The predicted molar refractivity (Wildman–Crippen MR) is 80.6 cm³/mol. The molecule has 0 aliphatic heterocycles. The fourth-order valence-electron chi connectivity index (χ4n) is 2.34. The molecule has 22 heavy (non-hydrogen) atoms. The monoisotopic (exact) mass is 305 g/mol. The zero-order chi connectivity index (χ0) is 16.3. The molecule has 1 fully saturated rings. The van der Waals surface area contributed by atoms with E-state index >= 15 is 0 Å². The average Bonchev–Trinajstić information content (AvgIpc) is 2.49. The number of nitrogens with two attached hydrogens (primary N) is 1. The Morgan fingerprint density at radius 1 is 1.36 bits per heavy atom. The van der Waals surface area contributed by atoms with Gasteiger partial charge in [-0.05, 0) is 24.1 Å². The van der Waals surface area contributed by atoms with Crippen molar-refractivity contribution in [3.8, 4) is 11.5 Å². The first-order valence-electron chi connectivity index (χ1n) is 7.09. The number of carbonyl (C=O) groups is 2. The third kappa shape index (κ3) is 2.74. The van der Waals surface area contributed by atoms with Crippen LogP contribution in [-0.2, 0) is 15.1 Å². The number of benzene rings is 1. The van der Waals surface area contributed by atoms with E-state index in [1.165, 1.54) is 18.2 Å². The third-order valence-electron chi connectivity index (χ3n) is 3.67. The lowest BCUT2D eigenvalue weighted by atomic mass is 9.69. The number of guanidine groups is 1. The Hall–Kier alpha value is -2.57. The molecule has 5 N–H and O–H groups in total. The summed E-state index contributed by atoms with van der Waals surface area (Å²) in [7, 11) is 0. The Morgan fingerprint density at radius 3 is 2.64 bits per heavy atom. The standard InChI is InChI=1S/C15H19N3O4/c1-2-3-6-17-14(16)18-15(8-12(21)13(15)22)9-4-5-10(19)11(20)7-9/h4-5,7,19-20H,2-3,6,8H2,1H3,(H3,16,17,18)/t15-/m1/s1. The van der Waals surface area contributed by atoms with E-state index < -0.39 is 17.1 Å². The van der Waals surface area contributed by atoms with Gasteiger partial charge in [0.2, 0.25) is 11.6 Å². The van der Waals surface area contributed by atoms with Crippen molar-refractivity contribution >= 4 is 17.5 Å². The summed E-state index contributed by atoms with van der Waals surface area (Å²) in [6.45, 7) is 2.54. The summed E-state index contributed by atoms with van der Waals surface area (Å²) in [4.78, 5) is 27.6. The summed E-state index contributed by atoms with van der Waals surface area (Å²) in [5, 5.41) is 21.8. The van der Waals surface area contributed by atoms with Gasteiger partial charge in [0.25, 0.3) is 0 Å². The number of hydrogen-bond donors (Lipinski definition) is 4. The molecule has 1 atom stereocenters. The number of aliphatic imine (C=N–C) groups is 1. The van der Waals surface area contributed by atoms with E-state index in [4.69, 9.17) is 5.73 Å². The molecule has 0 saturated heterocycles. The summed E-state index contributed by atoms with van der Waals surface area (Å²) in [5.74, 6) is -1.75. The minimum absolute atomic E-state index is 0.0694. The quantitative estimate of drug-likeness (QED) is 0.207. The topological polar surface area (TPSA) is 125 Å². The van der Waals surface area contributed by atoms with Crippen LogP contribution < -0.4 is 11.1 Å². The van der Waals surface area contributed by atoms with Crippen molar-refractivity contribution in [3.05, 3.63) is 23.8 Å². The fraction of sp³-hybridized carbons (Fsp3) is 0.400. The van der Waals surface area contributed by atoms with Crippen LogP contribution in [0.2, 0.25) is 0 Å². The van der Waals surface area contributed by atoms with Gasteiger partial charge in [-0.1, -0.05) is 19.4 Å². The molecule has 118 valence electrons. The Kier molecular flexibility index (Phi) is 4.35. The van der Waals surface area contributed by atoms with E-state index in [9.17, 15) is 19.8 Å². The number of phenolic OH excluding ortho intramolecular Hbond substituents is 2. The summed E-state index contributed by atoms with van der Waals surface area (Å²) in [6, 6.07) is 3.96. The highest BCUT2D eigenvalue weighted by molar-refractivity contribution is 6.48. The summed E-state index contributed by atoms with van der Waals surface area (Å²) in [5.41, 5.74) is 4.83. The van der Waals surface area contributed by atoms with Crippen molar-refractivity contribution in [3.63, 3.8) is 0 Å². The highest BCUT2D eigenvalue weighted by Gasteiger charge is 2.55. The van der Waals surface area contributed by atoms with Crippen LogP contribution in [0.4, 0.5) is 0 Å². The molecule has 0 aromatic heterocycles. The van der Waals surface area contributed by atoms with Crippen LogP contribution >= 0.6 is 0 Å². The summed E-state index contributed by atoms with van der Waals surface area (Å²) in [6.07, 6.45) is 1.76. The van der Waals surface area contributed by atoms with Gasteiger partial charge in [-0.25, -0.2) is 0 Å². The van der Waals surface area contributed by atoms with Gasteiger partial charge in [-0.15, -0.1) is 0 Å². The van der Waals surface area contributed by atoms with Crippen LogP contribution in [0.1, 0.15) is 31.7 Å². The molecule has 1 aliphatic carbocycles. The van der Waals surface area contributed by atoms with Gasteiger partial charge in [-0.2, -0.15) is 0 Å². The van der Waals surface area contributed by atoms with Crippen LogP contribution in [0.3, 0.4) is 0 Å². The molecule has 0 radical (unpaired) electrons. The SMILES string of the molecule is CCCCN=C(N)N[C@@]1(c2ccc(O)c(O)c2)CC(=O)C1=O. The largest absolute Gasteiger partial charge is 0.504 e. The lowest BCUT2D eigenvalue weighted by Gasteiger charge is -2.39. The van der Waals surface area contributed by atoms with Crippen LogP contribution in [-0.4, -0.2) is 34.3 Å². The molecule has 0 amide bonds. The van der Waals surface area contributed by atoms with E-state index in [0.717, 1.165) is 12.8 Å². The molecule has 1 aromatic rings. The zero-order valence-corrected chi connectivity index (χ0v) is 12.3. The first kappa shape index (κ1) is 15.8. The Labute approximate surface area is 127 Å². The molecule has 0 heterocycles. The van der Waals surface area contributed by atoms with E-state index in [1.54, 1.807) is 0 Å². The number of rotatable bonds is 5. The second-order valence-electron chi connectivity index (χ2n) is 5.28. The third-order valence-corrected chi connectivity index (χ3v) is 3.67. The van der Waals surface area contributed by atoms with Crippen molar-refractivity contribution in [2.75, 3.05) is 6.54 Å². The maximum atomic E-state index is 12.1. The number of phenols is 2. The smallest absolute Gasteiger partial charge is 0.228 e. The zero-order valence-electron chi connectivity index (χ0n) is 12.3. The van der Waals surface area contributed by atoms with Crippen molar-refractivity contribution in [1.29, 1.82) is 0 Å². The van der Waals surface area contributed by atoms with Crippen molar-refractivity contribution < 1.29 is 19.8 Å². The first-order chi connectivity index (χ1) is 10.4. The number of aromatic hydroxyl groups is 2. The minimum atomic E-state index is -1.32. The van der Waals surface area contributed by atoms with Gasteiger partial charge >= 0.3 is 0 Å². The molecule has 1 saturated carbocycles. The maximum absolute atomic E-state index is 12.1. The lowest BCUT2D eigenvalue weighted by Crippen LogP contribution is -2.64. The normalized spacial score (nSPS) is 21.6. The number of ketones is 2. The van der Waals surface area contributed by atoms with Gasteiger partial charge in [-0.3, -0.25) is 14.6 Å². The number of hydrogen-bond acceptors (Lipinski definition) is 5. The summed E-state index contributed by atoms with van der Waals surface area (Å²) < 4.78 is 0. The Morgan fingerprint density at radius 2 is 2.09 bits per heavy atom. The van der Waals surface area contributed by atoms with E-state index in [-0.39, 0.29) is 23.9 Å². The van der Waals surface area contributed by atoms with E-state index in [2.05, 4.69) is 10.3 Å². The molecular formula is C15H19N3O4. The first-order valence-corrected chi connectivity index (χ1v) is 7.09. The van der Waals surface area contributed by atoms with Crippen molar-refractivity contribution in [2.24, 2.45) is 10.7 Å². The highest BCUT2D eigenvalue weighted by Crippen LogP contribution is 2.38. The highest BCUT2D eigenvalue weighted by atomic mass is 16.3.